The van der Waals surface area contributed by atoms with Crippen molar-refractivity contribution in [3.63, 3.8) is 0 Å². The van der Waals surface area contributed by atoms with Crippen molar-refractivity contribution in [2.75, 3.05) is 0 Å². The maximum absolute atomic E-state index is 4.84. The third kappa shape index (κ3) is 3.44. The van der Waals surface area contributed by atoms with Crippen LogP contribution in [0.5, 0.6) is 0 Å². The molecule has 2 rings (SSSR count). The summed E-state index contributed by atoms with van der Waals surface area (Å²) < 4.78 is 0. The lowest BCUT2D eigenvalue weighted by atomic mass is 10.0. The van der Waals surface area contributed by atoms with Crippen LogP contribution in [0, 0.1) is 6.07 Å². The van der Waals surface area contributed by atoms with Crippen LogP contribution < -0.4 is 0 Å². The Morgan fingerprint density at radius 1 is 1.32 bits per heavy atom. The van der Waals surface area contributed by atoms with Crippen molar-refractivity contribution < 1.29 is 0 Å². The minimum absolute atomic E-state index is 0.405. The van der Waals surface area contributed by atoms with Gasteiger partial charge in [0.15, 0.2) is 0 Å². The van der Waals surface area contributed by atoms with Crippen LogP contribution in [0.15, 0.2) is 41.4 Å². The van der Waals surface area contributed by atoms with Crippen molar-refractivity contribution in [1.82, 2.24) is 0 Å². The van der Waals surface area contributed by atoms with Crippen LogP contribution in [-0.4, -0.2) is 11.8 Å². The Morgan fingerprint density at radius 3 is 2.95 bits per heavy atom. The number of hydrogen-bond donors (Lipinski definition) is 0. The summed E-state index contributed by atoms with van der Waals surface area (Å²) in [5.41, 5.74) is 2.37. The zero-order valence-corrected chi connectivity index (χ0v) is 12.1. The van der Waals surface area contributed by atoms with Crippen LogP contribution in [0.2, 0.25) is 0 Å². The molecule has 1 heteroatoms. The molecule has 0 saturated heterocycles. The molecule has 0 spiro atoms. The van der Waals surface area contributed by atoms with Crippen LogP contribution in [0.3, 0.4) is 0 Å². The smallest absolute Gasteiger partial charge is 0.0474 e. The molecule has 0 bridgehead atoms. The fourth-order valence-corrected chi connectivity index (χ4v) is 2.44. The summed E-state index contributed by atoms with van der Waals surface area (Å²) in [6, 6.07) is 16.1. The highest BCUT2D eigenvalue weighted by atomic mass is 14.8. The average molecular weight is 252 g/mol. The van der Waals surface area contributed by atoms with Crippen molar-refractivity contribution in [2.45, 2.75) is 46.1 Å². The second-order valence-electron chi connectivity index (χ2n) is 5.16. The van der Waals surface area contributed by atoms with E-state index < -0.39 is 0 Å². The van der Waals surface area contributed by atoms with Gasteiger partial charge >= 0.3 is 0 Å². The molecule has 19 heavy (non-hydrogen) atoms. The van der Waals surface area contributed by atoms with E-state index in [4.69, 9.17) is 4.99 Å². The van der Waals surface area contributed by atoms with Crippen molar-refractivity contribution in [3.05, 3.63) is 48.0 Å². The zero-order valence-electron chi connectivity index (χ0n) is 12.1. The number of unbranched alkanes of at least 4 members (excludes halogenated alkanes) is 1. The van der Waals surface area contributed by atoms with Crippen molar-refractivity contribution >= 4 is 16.5 Å². The molecule has 0 amide bonds. The summed E-state index contributed by atoms with van der Waals surface area (Å²) in [6.45, 7) is 6.55. The Morgan fingerprint density at radius 2 is 2.16 bits per heavy atom. The maximum atomic E-state index is 4.84. The van der Waals surface area contributed by atoms with Gasteiger partial charge in [-0.1, -0.05) is 50.1 Å². The Labute approximate surface area is 116 Å². The quantitative estimate of drug-likeness (QED) is 0.662. The summed E-state index contributed by atoms with van der Waals surface area (Å²) in [7, 11) is 0. The molecule has 99 valence electrons. The Balaban J connectivity index is 2.30. The van der Waals surface area contributed by atoms with Gasteiger partial charge in [-0.05, 0) is 43.2 Å². The van der Waals surface area contributed by atoms with E-state index in [-0.39, 0.29) is 0 Å². The molecule has 0 saturated carbocycles. The maximum Gasteiger partial charge on any atom is 0.0474 e. The van der Waals surface area contributed by atoms with Gasteiger partial charge in [0.2, 0.25) is 0 Å². The summed E-state index contributed by atoms with van der Waals surface area (Å²) in [5, 5.41) is 2.50. The largest absolute Gasteiger partial charge is 0.286 e. The van der Waals surface area contributed by atoms with Gasteiger partial charge in [0.05, 0.1) is 0 Å². The average Bonchev–Trinajstić information content (AvgIpc) is 2.44. The van der Waals surface area contributed by atoms with Crippen molar-refractivity contribution in [2.24, 2.45) is 4.99 Å². The molecule has 1 unspecified atom stereocenters. The normalized spacial score (nSPS) is 13.7. The van der Waals surface area contributed by atoms with Gasteiger partial charge < -0.3 is 0 Å². The zero-order chi connectivity index (χ0) is 13.7. The summed E-state index contributed by atoms with van der Waals surface area (Å²) in [5.74, 6) is 0. The van der Waals surface area contributed by atoms with Gasteiger partial charge in [-0.3, -0.25) is 4.99 Å². The SMILES string of the molecule is CCCCC(C)N=C(C)c1cccc2cc[c]cc12. The summed E-state index contributed by atoms with van der Waals surface area (Å²) in [6.07, 6.45) is 3.66. The number of benzene rings is 2. The molecular weight excluding hydrogens is 230 g/mol. The first-order valence-corrected chi connectivity index (χ1v) is 7.16. The predicted molar refractivity (Wildman–Crippen MR) is 84.0 cm³/mol. The highest BCUT2D eigenvalue weighted by Crippen LogP contribution is 2.19. The molecule has 0 aliphatic heterocycles. The molecule has 1 radical (unpaired) electrons. The molecule has 1 nitrogen and oxygen atoms in total. The molecule has 0 heterocycles. The van der Waals surface area contributed by atoms with Gasteiger partial charge in [0.1, 0.15) is 0 Å². The Bertz CT molecular complexity index is 563. The number of fused-ring (bicyclic) bond motifs is 1. The molecule has 2 aromatic carbocycles. The van der Waals surface area contributed by atoms with E-state index in [1.807, 2.05) is 6.07 Å². The van der Waals surface area contributed by atoms with E-state index in [9.17, 15) is 0 Å². The first-order chi connectivity index (χ1) is 9.22. The molecule has 0 fully saturated rings. The van der Waals surface area contributed by atoms with E-state index in [0.29, 0.717) is 6.04 Å². The molecule has 0 N–H and O–H groups in total. The fraction of sp³-hybridized carbons (Fsp3) is 0.389. The molecule has 1 atom stereocenters. The van der Waals surface area contributed by atoms with E-state index in [0.717, 1.165) is 5.71 Å². The summed E-state index contributed by atoms with van der Waals surface area (Å²) in [4.78, 5) is 4.84. The first-order valence-electron chi connectivity index (χ1n) is 7.16. The Hall–Kier alpha value is -1.63. The lowest BCUT2D eigenvalue weighted by Crippen LogP contribution is -2.04. The molecular formula is C18H22N. The van der Waals surface area contributed by atoms with E-state index in [1.54, 1.807) is 0 Å². The number of nitrogens with zero attached hydrogens (tertiary/aromatic N) is 1. The summed E-state index contributed by atoms with van der Waals surface area (Å²) >= 11 is 0. The van der Waals surface area contributed by atoms with Gasteiger partial charge in [0, 0.05) is 17.3 Å². The number of aliphatic imine (C=N–C) groups is 1. The minimum Gasteiger partial charge on any atom is -0.286 e. The minimum atomic E-state index is 0.405. The molecule has 2 aromatic rings. The van der Waals surface area contributed by atoms with Crippen LogP contribution in [0.4, 0.5) is 0 Å². The van der Waals surface area contributed by atoms with Crippen LogP contribution in [0.1, 0.15) is 45.6 Å². The van der Waals surface area contributed by atoms with Gasteiger partial charge in [0.25, 0.3) is 0 Å². The third-order valence-corrected chi connectivity index (χ3v) is 3.51. The van der Waals surface area contributed by atoms with Gasteiger partial charge in [-0.15, -0.1) is 0 Å². The van der Waals surface area contributed by atoms with E-state index >= 15 is 0 Å². The standard InChI is InChI=1S/C18H22N/c1-4-5-9-14(2)19-15(3)17-13-8-11-16-10-6-7-12-18(16)17/h6,8,10-14H,4-5,9H2,1-3H3. The first kappa shape index (κ1) is 13.8. The van der Waals surface area contributed by atoms with Crippen LogP contribution >= 0.6 is 0 Å². The van der Waals surface area contributed by atoms with E-state index in [1.165, 1.54) is 35.6 Å². The lowest BCUT2D eigenvalue weighted by molar-refractivity contribution is 0.618. The second kappa shape index (κ2) is 6.51. The van der Waals surface area contributed by atoms with Crippen LogP contribution in [0.25, 0.3) is 10.8 Å². The monoisotopic (exact) mass is 252 g/mol. The van der Waals surface area contributed by atoms with Crippen molar-refractivity contribution in [1.29, 1.82) is 0 Å². The third-order valence-electron chi connectivity index (χ3n) is 3.51. The fourth-order valence-electron chi connectivity index (χ4n) is 2.44. The Kier molecular flexibility index (Phi) is 4.73. The topological polar surface area (TPSA) is 12.4 Å². The van der Waals surface area contributed by atoms with Gasteiger partial charge in [-0.2, -0.15) is 0 Å². The number of hydrogen-bond acceptors (Lipinski definition) is 1. The van der Waals surface area contributed by atoms with E-state index in [2.05, 4.69) is 57.2 Å². The van der Waals surface area contributed by atoms with Crippen LogP contribution in [-0.2, 0) is 0 Å². The highest BCUT2D eigenvalue weighted by Gasteiger charge is 2.05. The van der Waals surface area contributed by atoms with Crippen molar-refractivity contribution in [3.8, 4) is 0 Å². The predicted octanol–water partition coefficient (Wildman–Crippen LogP) is 5.03. The lowest BCUT2D eigenvalue weighted by Gasteiger charge is -2.10. The molecule has 0 aromatic heterocycles. The highest BCUT2D eigenvalue weighted by molar-refractivity contribution is 6.09. The number of rotatable bonds is 5. The molecule has 0 aliphatic rings. The molecule has 0 aliphatic carbocycles. The van der Waals surface area contributed by atoms with Gasteiger partial charge in [-0.25, -0.2) is 0 Å². The second-order valence-corrected chi connectivity index (χ2v) is 5.16.